The van der Waals surface area contributed by atoms with Crippen LogP contribution in [0.5, 0.6) is 0 Å². The molecule has 29 heavy (non-hydrogen) atoms. The van der Waals surface area contributed by atoms with Gasteiger partial charge in [-0.2, -0.15) is 11.8 Å². The summed E-state index contributed by atoms with van der Waals surface area (Å²) < 4.78 is 0. The summed E-state index contributed by atoms with van der Waals surface area (Å²) in [5.41, 5.74) is 5.54. The van der Waals surface area contributed by atoms with Crippen molar-refractivity contribution < 1.29 is 34.2 Å². The molecule has 0 aromatic heterocycles. The monoisotopic (exact) mass is 434 g/mol. The van der Waals surface area contributed by atoms with Gasteiger partial charge in [0, 0.05) is 0 Å². The van der Waals surface area contributed by atoms with Gasteiger partial charge in [0.05, 0.1) is 12.5 Å². The van der Waals surface area contributed by atoms with Crippen molar-refractivity contribution in [1.29, 1.82) is 0 Å². The Bertz CT molecular complexity index is 602. The Kier molecular flexibility index (Phi) is 12.7. The maximum absolute atomic E-state index is 12.8. The summed E-state index contributed by atoms with van der Waals surface area (Å²) in [6, 6.07) is -3.33. The van der Waals surface area contributed by atoms with E-state index < -0.39 is 60.8 Å². The van der Waals surface area contributed by atoms with Gasteiger partial charge >= 0.3 is 11.9 Å². The number of aliphatic carboxylic acids is 2. The number of carboxylic acids is 2. The second-order valence-corrected chi connectivity index (χ2v) is 7.52. The van der Waals surface area contributed by atoms with Crippen molar-refractivity contribution in [1.82, 2.24) is 16.0 Å². The Labute approximate surface area is 173 Å². The normalized spacial score (nSPS) is 14.8. The topological polar surface area (TPSA) is 188 Å². The highest BCUT2D eigenvalue weighted by Crippen LogP contribution is 2.10. The van der Waals surface area contributed by atoms with Gasteiger partial charge in [0.2, 0.25) is 17.7 Å². The van der Waals surface area contributed by atoms with Gasteiger partial charge in [-0.05, 0) is 24.3 Å². The van der Waals surface area contributed by atoms with Gasteiger partial charge in [-0.15, -0.1) is 0 Å². The molecule has 0 spiro atoms. The molecule has 0 aromatic rings. The highest BCUT2D eigenvalue weighted by molar-refractivity contribution is 7.98. The van der Waals surface area contributed by atoms with Gasteiger partial charge in [0.1, 0.15) is 18.6 Å². The molecule has 0 fully saturated rings. The molecule has 12 heteroatoms. The van der Waals surface area contributed by atoms with E-state index in [2.05, 4.69) is 16.0 Å². The van der Waals surface area contributed by atoms with Crippen LogP contribution in [0.3, 0.4) is 0 Å². The summed E-state index contributed by atoms with van der Waals surface area (Å²) in [6.07, 6.45) is 2.01. The van der Waals surface area contributed by atoms with Crippen LogP contribution in [0, 0.1) is 5.92 Å². The average Bonchev–Trinajstić information content (AvgIpc) is 2.65. The summed E-state index contributed by atoms with van der Waals surface area (Å²) in [6.45, 7) is 2.94. The Balaban J connectivity index is 5.26. The SMILES string of the molecule is CCC(C)C(NC(=O)C(N)CC(=O)O)C(=O)NC(CCSC)C(=O)NCC(=O)O. The lowest BCUT2D eigenvalue weighted by Crippen LogP contribution is -2.58. The first-order valence-electron chi connectivity index (χ1n) is 9.09. The molecular weight excluding hydrogens is 404 g/mol. The Morgan fingerprint density at radius 3 is 2.10 bits per heavy atom. The van der Waals surface area contributed by atoms with E-state index in [1.807, 2.05) is 6.26 Å². The summed E-state index contributed by atoms with van der Waals surface area (Å²) in [7, 11) is 0. The molecule has 4 unspecified atom stereocenters. The van der Waals surface area contributed by atoms with E-state index >= 15 is 0 Å². The molecule has 11 nitrogen and oxygen atoms in total. The molecule has 0 aliphatic rings. The number of nitrogens with two attached hydrogens (primary N) is 1. The lowest BCUT2D eigenvalue weighted by Gasteiger charge is -2.27. The lowest BCUT2D eigenvalue weighted by molar-refractivity contribution is -0.140. The third kappa shape index (κ3) is 10.7. The molecule has 0 aliphatic heterocycles. The molecule has 166 valence electrons. The van der Waals surface area contributed by atoms with Gasteiger partial charge in [0.15, 0.2) is 0 Å². The minimum Gasteiger partial charge on any atom is -0.481 e. The van der Waals surface area contributed by atoms with Gasteiger partial charge in [-0.25, -0.2) is 0 Å². The average molecular weight is 435 g/mol. The molecule has 0 aliphatic carbocycles. The Morgan fingerprint density at radius 2 is 1.62 bits per heavy atom. The third-order valence-corrected chi connectivity index (χ3v) is 4.83. The van der Waals surface area contributed by atoms with Crippen molar-refractivity contribution in [2.45, 2.75) is 51.2 Å². The third-order valence-electron chi connectivity index (χ3n) is 4.18. The first-order chi connectivity index (χ1) is 13.5. The quantitative estimate of drug-likeness (QED) is 0.194. The van der Waals surface area contributed by atoms with Crippen molar-refractivity contribution in [2.75, 3.05) is 18.6 Å². The predicted molar refractivity (Wildman–Crippen MR) is 107 cm³/mol. The second kappa shape index (κ2) is 13.8. The number of amides is 3. The first kappa shape index (κ1) is 26.7. The van der Waals surface area contributed by atoms with Crippen LogP contribution in [0.1, 0.15) is 33.1 Å². The van der Waals surface area contributed by atoms with Crippen molar-refractivity contribution in [3.63, 3.8) is 0 Å². The van der Waals surface area contributed by atoms with Crippen LogP contribution >= 0.6 is 11.8 Å². The smallest absolute Gasteiger partial charge is 0.322 e. The number of hydrogen-bond acceptors (Lipinski definition) is 7. The molecule has 0 radical (unpaired) electrons. The first-order valence-corrected chi connectivity index (χ1v) is 10.5. The fourth-order valence-electron chi connectivity index (χ4n) is 2.29. The van der Waals surface area contributed by atoms with Crippen LogP contribution in [0.2, 0.25) is 0 Å². The van der Waals surface area contributed by atoms with Crippen molar-refractivity contribution in [2.24, 2.45) is 11.7 Å². The van der Waals surface area contributed by atoms with Crippen molar-refractivity contribution >= 4 is 41.4 Å². The number of carbonyl (C=O) groups is 5. The number of hydrogen-bond donors (Lipinski definition) is 6. The zero-order chi connectivity index (χ0) is 22.6. The molecule has 0 saturated heterocycles. The molecule has 4 atom stereocenters. The molecule has 0 heterocycles. The fourth-order valence-corrected chi connectivity index (χ4v) is 2.77. The number of rotatable bonds is 14. The fraction of sp³-hybridized carbons (Fsp3) is 0.706. The highest BCUT2D eigenvalue weighted by atomic mass is 32.2. The number of carboxylic acid groups (broad SMARTS) is 2. The van der Waals surface area contributed by atoms with Crippen LogP contribution in [0.25, 0.3) is 0 Å². The molecule has 0 bridgehead atoms. The molecule has 0 saturated carbocycles. The lowest BCUT2D eigenvalue weighted by atomic mass is 9.97. The molecule has 7 N–H and O–H groups in total. The van der Waals surface area contributed by atoms with Crippen LogP contribution < -0.4 is 21.7 Å². The Morgan fingerprint density at radius 1 is 1.00 bits per heavy atom. The largest absolute Gasteiger partial charge is 0.481 e. The number of carbonyl (C=O) groups excluding carboxylic acids is 3. The van der Waals surface area contributed by atoms with E-state index in [9.17, 15) is 24.0 Å². The summed E-state index contributed by atoms with van der Waals surface area (Å²) >= 11 is 1.45. The van der Waals surface area contributed by atoms with Gasteiger partial charge in [-0.1, -0.05) is 20.3 Å². The number of nitrogens with one attached hydrogen (secondary N) is 3. The molecule has 0 rings (SSSR count). The zero-order valence-electron chi connectivity index (χ0n) is 16.8. The standard InChI is InChI=1S/C17H30N4O7S/c1-4-9(2)14(21-15(26)10(18)7-12(22)23)17(28)20-11(5-6-29-3)16(27)19-8-13(24)25/h9-11,14H,4-8,18H2,1-3H3,(H,19,27)(H,20,28)(H,21,26)(H,22,23)(H,24,25). The van der Waals surface area contributed by atoms with Gasteiger partial charge in [-0.3, -0.25) is 24.0 Å². The second-order valence-electron chi connectivity index (χ2n) is 6.53. The van der Waals surface area contributed by atoms with E-state index in [-0.39, 0.29) is 12.3 Å². The van der Waals surface area contributed by atoms with Crippen molar-refractivity contribution in [3.05, 3.63) is 0 Å². The van der Waals surface area contributed by atoms with Crippen molar-refractivity contribution in [3.8, 4) is 0 Å². The van der Waals surface area contributed by atoms with Crippen LogP contribution in [-0.2, 0) is 24.0 Å². The minimum atomic E-state index is -1.32. The number of thioether (sulfide) groups is 1. The molecule has 0 aromatic carbocycles. The van der Waals surface area contributed by atoms with Crippen LogP contribution in [0.4, 0.5) is 0 Å². The van der Waals surface area contributed by atoms with Gasteiger partial charge < -0.3 is 31.9 Å². The van der Waals surface area contributed by atoms with E-state index in [4.69, 9.17) is 15.9 Å². The van der Waals surface area contributed by atoms with E-state index in [1.54, 1.807) is 13.8 Å². The highest BCUT2D eigenvalue weighted by Gasteiger charge is 2.31. The molecule has 3 amide bonds. The summed E-state index contributed by atoms with van der Waals surface area (Å²) in [5, 5.41) is 24.7. The Hall–Kier alpha value is -2.34. The maximum Gasteiger partial charge on any atom is 0.322 e. The maximum atomic E-state index is 12.8. The van der Waals surface area contributed by atoms with E-state index in [0.29, 0.717) is 12.2 Å². The summed E-state index contributed by atoms with van der Waals surface area (Å²) in [4.78, 5) is 58.5. The van der Waals surface area contributed by atoms with Gasteiger partial charge in [0.25, 0.3) is 0 Å². The van der Waals surface area contributed by atoms with E-state index in [1.165, 1.54) is 11.8 Å². The van der Waals surface area contributed by atoms with E-state index in [0.717, 1.165) is 0 Å². The molecular formula is C17H30N4O7S. The summed E-state index contributed by atoms with van der Waals surface area (Å²) in [5.74, 6) is -4.31. The minimum absolute atomic E-state index is 0.262. The van der Waals surface area contributed by atoms with Crippen LogP contribution in [0.15, 0.2) is 0 Å². The predicted octanol–water partition coefficient (Wildman–Crippen LogP) is -1.24. The van der Waals surface area contributed by atoms with Crippen LogP contribution in [-0.4, -0.2) is 76.6 Å². The zero-order valence-corrected chi connectivity index (χ0v) is 17.6.